The van der Waals surface area contributed by atoms with Crippen molar-refractivity contribution in [2.24, 2.45) is 0 Å². The van der Waals surface area contributed by atoms with Gasteiger partial charge in [0.05, 0.1) is 0 Å². The first-order valence-corrected chi connectivity index (χ1v) is 4.74. The van der Waals surface area contributed by atoms with Gasteiger partial charge in [-0.3, -0.25) is 4.98 Å². The predicted octanol–water partition coefficient (Wildman–Crippen LogP) is 1.34. The van der Waals surface area contributed by atoms with E-state index in [0.717, 1.165) is 6.42 Å². The molecule has 1 aliphatic carbocycles. The lowest BCUT2D eigenvalue weighted by molar-refractivity contribution is 0.568. The van der Waals surface area contributed by atoms with E-state index < -0.39 is 0 Å². The van der Waals surface area contributed by atoms with E-state index in [2.05, 4.69) is 44.0 Å². The zero-order chi connectivity index (χ0) is 9.47. The highest BCUT2D eigenvalue weighted by atomic mass is 14.7. The van der Waals surface area contributed by atoms with Crippen molar-refractivity contribution >= 4 is 12.2 Å². The van der Waals surface area contributed by atoms with Crippen molar-refractivity contribution < 1.29 is 0 Å². The summed E-state index contributed by atoms with van der Waals surface area (Å²) in [5.41, 5.74) is 1.34. The molecular weight excluding hydrogens is 158 g/mol. The summed E-state index contributed by atoms with van der Waals surface area (Å²) < 4.78 is 0. The van der Waals surface area contributed by atoms with Crippen LogP contribution in [0.15, 0.2) is 12.3 Å². The molecule has 0 fully saturated rings. The number of pyridine rings is 1. The highest BCUT2D eigenvalue weighted by Crippen LogP contribution is 2.17. The Morgan fingerprint density at radius 2 is 1.85 bits per heavy atom. The molecule has 1 heterocycles. The third kappa shape index (κ3) is 1.51. The minimum Gasteiger partial charge on any atom is -0.260 e. The van der Waals surface area contributed by atoms with Gasteiger partial charge in [0.2, 0.25) is 0 Å². The van der Waals surface area contributed by atoms with E-state index in [0.29, 0.717) is 0 Å². The summed E-state index contributed by atoms with van der Waals surface area (Å²) in [4.78, 5) is 4.47. The molecule has 0 saturated carbocycles. The molecule has 1 aromatic rings. The highest BCUT2D eigenvalue weighted by Gasteiger charge is 2.14. The van der Waals surface area contributed by atoms with Crippen LogP contribution < -0.4 is 10.4 Å². The summed E-state index contributed by atoms with van der Waals surface area (Å²) in [6.07, 6.45) is 7.52. The molecule has 0 unspecified atom stereocenters. The van der Waals surface area contributed by atoms with Gasteiger partial charge in [-0.05, 0) is 22.9 Å². The summed E-state index contributed by atoms with van der Waals surface area (Å²) in [6, 6.07) is 2.21. The van der Waals surface area contributed by atoms with E-state index in [1.54, 1.807) is 0 Å². The van der Waals surface area contributed by atoms with Gasteiger partial charge in [-0.1, -0.05) is 32.9 Å². The fraction of sp³-hybridized carbons (Fsp3) is 0.417. The third-order valence-corrected chi connectivity index (χ3v) is 2.41. The van der Waals surface area contributed by atoms with E-state index in [-0.39, 0.29) is 5.41 Å². The number of rotatable bonds is 0. The van der Waals surface area contributed by atoms with Crippen LogP contribution in [0, 0.1) is 0 Å². The van der Waals surface area contributed by atoms with E-state index in [1.807, 2.05) is 6.20 Å². The van der Waals surface area contributed by atoms with Crippen molar-refractivity contribution in [3.63, 3.8) is 0 Å². The Kier molecular flexibility index (Phi) is 1.76. The van der Waals surface area contributed by atoms with Crippen LogP contribution in [0.3, 0.4) is 0 Å². The van der Waals surface area contributed by atoms with Crippen molar-refractivity contribution in [1.29, 1.82) is 0 Å². The molecule has 0 aromatic carbocycles. The number of nitrogens with zero attached hydrogens (tertiary/aromatic N) is 1. The number of fused-ring (bicyclic) bond motifs is 1. The molecule has 1 aromatic heterocycles. The first-order valence-electron chi connectivity index (χ1n) is 4.74. The predicted molar refractivity (Wildman–Crippen MR) is 55.7 cm³/mol. The maximum absolute atomic E-state index is 4.47. The lowest BCUT2D eigenvalue weighted by atomic mass is 9.91. The fourth-order valence-corrected chi connectivity index (χ4v) is 1.55. The lowest BCUT2D eigenvalue weighted by Gasteiger charge is -2.16. The molecule has 0 radical (unpaired) electrons. The lowest BCUT2D eigenvalue weighted by Crippen LogP contribution is -2.26. The van der Waals surface area contributed by atoms with Crippen LogP contribution in [0.2, 0.25) is 0 Å². The summed E-state index contributed by atoms with van der Waals surface area (Å²) in [5.74, 6) is 0. The van der Waals surface area contributed by atoms with Gasteiger partial charge in [0.1, 0.15) is 0 Å². The van der Waals surface area contributed by atoms with Crippen molar-refractivity contribution in [3.8, 4) is 0 Å². The van der Waals surface area contributed by atoms with Gasteiger partial charge in [-0.15, -0.1) is 0 Å². The summed E-state index contributed by atoms with van der Waals surface area (Å²) in [7, 11) is 0. The second-order valence-electron chi connectivity index (χ2n) is 4.59. The molecular formula is C12H15N. The number of hydrogen-bond acceptors (Lipinski definition) is 1. The van der Waals surface area contributed by atoms with Gasteiger partial charge in [-0.25, -0.2) is 0 Å². The Morgan fingerprint density at radius 1 is 1.15 bits per heavy atom. The smallest absolute Gasteiger partial charge is 0.0463 e. The summed E-state index contributed by atoms with van der Waals surface area (Å²) in [5, 5.41) is 2.63. The first kappa shape index (κ1) is 8.49. The van der Waals surface area contributed by atoms with Gasteiger partial charge in [0.15, 0.2) is 0 Å². The molecule has 1 aliphatic rings. The van der Waals surface area contributed by atoms with Gasteiger partial charge >= 0.3 is 0 Å². The van der Waals surface area contributed by atoms with Crippen LogP contribution in [0.4, 0.5) is 0 Å². The van der Waals surface area contributed by atoms with Crippen LogP contribution >= 0.6 is 0 Å². The van der Waals surface area contributed by atoms with E-state index in [1.165, 1.54) is 16.1 Å². The third-order valence-electron chi connectivity index (χ3n) is 2.41. The maximum atomic E-state index is 4.47. The average molecular weight is 173 g/mol. The van der Waals surface area contributed by atoms with Crippen molar-refractivity contribution in [2.45, 2.75) is 32.6 Å². The standard InChI is InChI=1S/C12H15N/c1-12(2,3)11-7-9-5-4-6-10(9)8-13-11/h5-8H,4H2,1-3H3. The van der Waals surface area contributed by atoms with E-state index in [4.69, 9.17) is 0 Å². The van der Waals surface area contributed by atoms with E-state index in [9.17, 15) is 0 Å². The molecule has 68 valence electrons. The normalized spacial score (nSPS) is 14.7. The second-order valence-corrected chi connectivity index (χ2v) is 4.59. The SMILES string of the molecule is CC(C)(C)c1cc2c(cn1)=CCC=2. The van der Waals surface area contributed by atoms with Gasteiger partial charge in [0.25, 0.3) is 0 Å². The molecule has 0 atom stereocenters. The van der Waals surface area contributed by atoms with Crippen molar-refractivity contribution in [1.82, 2.24) is 4.98 Å². The van der Waals surface area contributed by atoms with Gasteiger partial charge < -0.3 is 0 Å². The first-order chi connectivity index (χ1) is 6.07. The van der Waals surface area contributed by atoms with Crippen molar-refractivity contribution in [3.05, 3.63) is 28.4 Å². The quantitative estimate of drug-likeness (QED) is 0.577. The van der Waals surface area contributed by atoms with Crippen LogP contribution in [-0.4, -0.2) is 4.98 Å². The number of hydrogen-bond donors (Lipinski definition) is 0. The Hall–Kier alpha value is -1.11. The molecule has 0 amide bonds. The minimum absolute atomic E-state index is 0.158. The highest BCUT2D eigenvalue weighted by molar-refractivity contribution is 5.46. The summed E-state index contributed by atoms with van der Waals surface area (Å²) in [6.45, 7) is 6.58. The van der Waals surface area contributed by atoms with Gasteiger partial charge in [0, 0.05) is 17.3 Å². The van der Waals surface area contributed by atoms with Crippen LogP contribution in [0.5, 0.6) is 0 Å². The maximum Gasteiger partial charge on any atom is 0.0463 e. The monoisotopic (exact) mass is 173 g/mol. The largest absolute Gasteiger partial charge is 0.260 e. The molecule has 0 spiro atoms. The number of aromatic nitrogens is 1. The zero-order valence-electron chi connectivity index (χ0n) is 8.46. The Morgan fingerprint density at radius 3 is 2.54 bits per heavy atom. The fourth-order valence-electron chi connectivity index (χ4n) is 1.55. The van der Waals surface area contributed by atoms with Crippen LogP contribution in [-0.2, 0) is 5.41 Å². The Bertz CT molecular complexity index is 435. The Balaban J connectivity index is 2.62. The van der Waals surface area contributed by atoms with Crippen LogP contribution in [0.1, 0.15) is 32.9 Å². The van der Waals surface area contributed by atoms with Crippen molar-refractivity contribution in [2.75, 3.05) is 0 Å². The Labute approximate surface area is 78.8 Å². The summed E-state index contributed by atoms with van der Waals surface area (Å²) >= 11 is 0. The second kappa shape index (κ2) is 2.69. The molecule has 0 saturated heterocycles. The van der Waals surface area contributed by atoms with E-state index >= 15 is 0 Å². The average Bonchev–Trinajstić information content (AvgIpc) is 2.47. The molecule has 0 N–H and O–H groups in total. The minimum atomic E-state index is 0.158. The van der Waals surface area contributed by atoms with Gasteiger partial charge in [-0.2, -0.15) is 0 Å². The molecule has 0 aliphatic heterocycles. The molecule has 1 nitrogen and oxygen atoms in total. The molecule has 1 heteroatoms. The molecule has 2 rings (SSSR count). The van der Waals surface area contributed by atoms with Crippen LogP contribution in [0.25, 0.3) is 12.2 Å². The zero-order valence-corrected chi connectivity index (χ0v) is 8.46. The topological polar surface area (TPSA) is 12.9 Å². The molecule has 13 heavy (non-hydrogen) atoms. The molecule has 0 bridgehead atoms.